The van der Waals surface area contributed by atoms with E-state index in [2.05, 4.69) is 11.4 Å². The van der Waals surface area contributed by atoms with Gasteiger partial charge in [-0.15, -0.1) is 0 Å². The van der Waals surface area contributed by atoms with E-state index in [9.17, 15) is 0 Å². The molecule has 1 rings (SSSR count). The van der Waals surface area contributed by atoms with Crippen molar-refractivity contribution in [3.63, 3.8) is 0 Å². The molecule has 98 valence electrons. The summed E-state index contributed by atoms with van der Waals surface area (Å²) in [6.07, 6.45) is 0.695. The van der Waals surface area contributed by atoms with Crippen molar-refractivity contribution in [2.24, 2.45) is 0 Å². The van der Waals surface area contributed by atoms with Gasteiger partial charge >= 0.3 is 0 Å². The van der Waals surface area contributed by atoms with Crippen LogP contribution in [-0.4, -0.2) is 24.4 Å². The Kier molecular flexibility index (Phi) is 5.14. The molecule has 2 N–H and O–H groups in total. The predicted octanol–water partition coefficient (Wildman–Crippen LogP) is 1.82. The minimum atomic E-state index is -0.115. The third-order valence-electron chi connectivity index (χ3n) is 2.89. The summed E-state index contributed by atoms with van der Waals surface area (Å²) in [5.41, 5.74) is 1.48. The van der Waals surface area contributed by atoms with Gasteiger partial charge in [0.25, 0.3) is 0 Å². The van der Waals surface area contributed by atoms with Crippen molar-refractivity contribution in [3.05, 3.63) is 29.3 Å². The van der Waals surface area contributed by atoms with E-state index in [4.69, 9.17) is 15.1 Å². The van der Waals surface area contributed by atoms with Gasteiger partial charge in [-0.1, -0.05) is 6.07 Å². The first-order valence-corrected chi connectivity index (χ1v) is 5.95. The first kappa shape index (κ1) is 14.5. The van der Waals surface area contributed by atoms with Crippen LogP contribution >= 0.6 is 0 Å². The number of nitriles is 1. The lowest BCUT2D eigenvalue weighted by Gasteiger charge is -2.25. The Morgan fingerprint density at radius 3 is 2.72 bits per heavy atom. The maximum Gasteiger partial charge on any atom is 0.136 e. The summed E-state index contributed by atoms with van der Waals surface area (Å²) < 4.78 is 5.17. The number of hydrogen-bond acceptors (Lipinski definition) is 4. The van der Waals surface area contributed by atoms with Crippen LogP contribution in [0.3, 0.4) is 0 Å². The Balaban J connectivity index is 2.72. The molecule has 0 atom stereocenters. The summed E-state index contributed by atoms with van der Waals surface area (Å²) >= 11 is 0. The lowest BCUT2D eigenvalue weighted by Crippen LogP contribution is -2.39. The average Bonchev–Trinajstić information content (AvgIpc) is 2.36. The fourth-order valence-corrected chi connectivity index (χ4v) is 1.65. The number of hydrogen-bond donors (Lipinski definition) is 2. The van der Waals surface area contributed by atoms with Gasteiger partial charge in [0.1, 0.15) is 11.8 Å². The van der Waals surface area contributed by atoms with Crippen molar-refractivity contribution >= 4 is 0 Å². The van der Waals surface area contributed by atoms with Gasteiger partial charge in [0, 0.05) is 18.7 Å². The van der Waals surface area contributed by atoms with Crippen LogP contribution in [0.25, 0.3) is 0 Å². The van der Waals surface area contributed by atoms with E-state index in [0.29, 0.717) is 24.3 Å². The smallest absolute Gasteiger partial charge is 0.136 e. The normalized spacial score (nSPS) is 11.1. The zero-order chi connectivity index (χ0) is 13.6. The molecule has 18 heavy (non-hydrogen) atoms. The molecule has 0 saturated heterocycles. The van der Waals surface area contributed by atoms with Gasteiger partial charge < -0.3 is 15.2 Å². The Labute approximate surface area is 108 Å². The van der Waals surface area contributed by atoms with Crippen molar-refractivity contribution in [2.75, 3.05) is 13.7 Å². The summed E-state index contributed by atoms with van der Waals surface area (Å²) in [6.45, 7) is 4.93. The van der Waals surface area contributed by atoms with E-state index in [1.54, 1.807) is 13.2 Å². The van der Waals surface area contributed by atoms with Crippen molar-refractivity contribution in [1.29, 1.82) is 5.26 Å². The van der Waals surface area contributed by atoms with Gasteiger partial charge in [-0.25, -0.2) is 0 Å². The molecule has 1 aromatic carbocycles. The maximum atomic E-state index is 8.95. The zero-order valence-electron chi connectivity index (χ0n) is 11.2. The van der Waals surface area contributed by atoms with Crippen molar-refractivity contribution in [1.82, 2.24) is 5.32 Å². The summed E-state index contributed by atoms with van der Waals surface area (Å²) in [7, 11) is 1.56. The fraction of sp³-hybridized carbons (Fsp3) is 0.500. The zero-order valence-corrected chi connectivity index (χ0v) is 11.2. The molecule has 0 unspecified atom stereocenters. The largest absolute Gasteiger partial charge is 0.495 e. The van der Waals surface area contributed by atoms with Crippen molar-refractivity contribution in [2.45, 2.75) is 32.4 Å². The van der Waals surface area contributed by atoms with Crippen molar-refractivity contribution in [3.8, 4) is 11.8 Å². The number of aliphatic hydroxyl groups is 1. The molecule has 0 amide bonds. The molecule has 0 fully saturated rings. The summed E-state index contributed by atoms with van der Waals surface area (Å²) in [5, 5.41) is 21.2. The van der Waals surface area contributed by atoms with Crippen LogP contribution < -0.4 is 10.1 Å². The standard InChI is InChI=1S/C14H20N2O2/c1-14(2,6-7-17)16-10-11-4-5-12(9-15)13(8-11)18-3/h4-5,8,16-17H,6-7,10H2,1-3H3. The number of nitrogens with zero attached hydrogens (tertiary/aromatic N) is 1. The lowest BCUT2D eigenvalue weighted by atomic mass is 10.0. The molecule has 0 aliphatic heterocycles. The molecule has 4 heteroatoms. The molecule has 0 saturated carbocycles. The Hall–Kier alpha value is -1.57. The Morgan fingerprint density at radius 1 is 1.44 bits per heavy atom. The van der Waals surface area contributed by atoms with Crippen LogP contribution in [0.5, 0.6) is 5.75 Å². The molecule has 0 bridgehead atoms. The number of aliphatic hydroxyl groups excluding tert-OH is 1. The minimum absolute atomic E-state index is 0.115. The van der Waals surface area contributed by atoms with E-state index >= 15 is 0 Å². The Bertz CT molecular complexity index is 436. The van der Waals surface area contributed by atoms with Gasteiger partial charge in [-0.2, -0.15) is 5.26 Å². The van der Waals surface area contributed by atoms with E-state index < -0.39 is 0 Å². The summed E-state index contributed by atoms with van der Waals surface area (Å²) in [4.78, 5) is 0. The third kappa shape index (κ3) is 4.02. The molecular formula is C14H20N2O2. The van der Waals surface area contributed by atoms with Gasteiger partial charge in [-0.05, 0) is 38.0 Å². The molecular weight excluding hydrogens is 228 g/mol. The highest BCUT2D eigenvalue weighted by molar-refractivity contribution is 5.45. The predicted molar refractivity (Wildman–Crippen MR) is 70.3 cm³/mol. The van der Waals surface area contributed by atoms with E-state index in [1.165, 1.54) is 0 Å². The lowest BCUT2D eigenvalue weighted by molar-refractivity contribution is 0.230. The van der Waals surface area contributed by atoms with E-state index in [0.717, 1.165) is 5.56 Å². The summed E-state index contributed by atoms with van der Waals surface area (Å²) in [5.74, 6) is 0.594. The molecule has 0 heterocycles. The average molecular weight is 248 g/mol. The first-order chi connectivity index (χ1) is 8.52. The SMILES string of the molecule is COc1cc(CNC(C)(C)CCO)ccc1C#N. The highest BCUT2D eigenvalue weighted by atomic mass is 16.5. The van der Waals surface area contributed by atoms with E-state index in [1.807, 2.05) is 26.0 Å². The number of benzene rings is 1. The quantitative estimate of drug-likeness (QED) is 0.806. The molecule has 0 spiro atoms. The molecule has 0 aromatic heterocycles. The second-order valence-electron chi connectivity index (χ2n) is 4.86. The monoisotopic (exact) mass is 248 g/mol. The van der Waals surface area contributed by atoms with Crippen molar-refractivity contribution < 1.29 is 9.84 Å². The van der Waals surface area contributed by atoms with Gasteiger partial charge in [0.05, 0.1) is 12.7 Å². The van der Waals surface area contributed by atoms with Gasteiger partial charge in [0.15, 0.2) is 0 Å². The van der Waals surface area contributed by atoms with Crippen LogP contribution in [0.2, 0.25) is 0 Å². The number of methoxy groups -OCH3 is 1. The second kappa shape index (κ2) is 6.39. The highest BCUT2D eigenvalue weighted by Crippen LogP contribution is 2.19. The minimum Gasteiger partial charge on any atom is -0.495 e. The fourth-order valence-electron chi connectivity index (χ4n) is 1.65. The molecule has 1 aromatic rings. The summed E-state index contributed by atoms with van der Waals surface area (Å²) in [6, 6.07) is 7.61. The molecule has 0 aliphatic carbocycles. The first-order valence-electron chi connectivity index (χ1n) is 5.95. The van der Waals surface area contributed by atoms with Crippen LogP contribution in [-0.2, 0) is 6.54 Å². The highest BCUT2D eigenvalue weighted by Gasteiger charge is 2.16. The van der Waals surface area contributed by atoms with Gasteiger partial charge in [-0.3, -0.25) is 0 Å². The number of rotatable bonds is 6. The number of ether oxygens (including phenoxy) is 1. The Morgan fingerprint density at radius 2 is 2.17 bits per heavy atom. The maximum absolute atomic E-state index is 8.95. The molecule has 0 radical (unpaired) electrons. The van der Waals surface area contributed by atoms with Crippen LogP contribution in [0.4, 0.5) is 0 Å². The molecule has 0 aliphatic rings. The number of nitrogens with one attached hydrogen (secondary N) is 1. The topological polar surface area (TPSA) is 65.3 Å². The third-order valence-corrected chi connectivity index (χ3v) is 2.89. The molecule has 4 nitrogen and oxygen atoms in total. The van der Waals surface area contributed by atoms with Crippen LogP contribution in [0.15, 0.2) is 18.2 Å². The van der Waals surface area contributed by atoms with Crippen LogP contribution in [0.1, 0.15) is 31.4 Å². The van der Waals surface area contributed by atoms with Gasteiger partial charge in [0.2, 0.25) is 0 Å². The van der Waals surface area contributed by atoms with Crippen LogP contribution in [0, 0.1) is 11.3 Å². The van der Waals surface area contributed by atoms with E-state index in [-0.39, 0.29) is 12.1 Å². The second-order valence-corrected chi connectivity index (χ2v) is 4.86.